The Morgan fingerprint density at radius 3 is 1.86 bits per heavy atom. The lowest BCUT2D eigenvalue weighted by Gasteiger charge is -2.24. The molecule has 0 amide bonds. The zero-order chi connectivity index (χ0) is 25.2. The van der Waals surface area contributed by atoms with E-state index in [0.717, 1.165) is 29.2 Å². The number of aromatic nitrogens is 3. The number of nitrogens with one attached hydrogen (secondary N) is 1. The summed E-state index contributed by atoms with van der Waals surface area (Å²) in [7, 11) is -4.06. The minimum atomic E-state index is -4.06. The Labute approximate surface area is 211 Å². The number of rotatable bonds is 12. The normalized spacial score (nSPS) is 11.8. The fourth-order valence-electron chi connectivity index (χ4n) is 3.97. The fourth-order valence-corrected chi connectivity index (χ4v) is 4.58. The Morgan fingerprint density at radius 2 is 1.33 bits per heavy atom. The quantitative estimate of drug-likeness (QED) is 0.282. The SMILES string of the molecule is O=S(=O)(O)Cc1ccc(CN(CCNC(c2ccccn2)c2ccccn2)Cc2ccccn2)cc1. The number of pyridine rings is 3. The van der Waals surface area contributed by atoms with Crippen molar-refractivity contribution in [1.82, 2.24) is 25.2 Å². The molecule has 186 valence electrons. The molecule has 4 rings (SSSR count). The molecule has 3 aromatic heterocycles. The predicted molar refractivity (Wildman–Crippen MR) is 138 cm³/mol. The van der Waals surface area contributed by atoms with Crippen LogP contribution in [0.15, 0.2) is 97.5 Å². The molecule has 0 bridgehead atoms. The van der Waals surface area contributed by atoms with Crippen molar-refractivity contribution in [2.45, 2.75) is 24.9 Å². The Morgan fingerprint density at radius 1 is 0.750 bits per heavy atom. The topological polar surface area (TPSA) is 108 Å². The summed E-state index contributed by atoms with van der Waals surface area (Å²) in [6.07, 6.45) is 5.35. The van der Waals surface area contributed by atoms with Gasteiger partial charge in [0.15, 0.2) is 0 Å². The van der Waals surface area contributed by atoms with Crippen molar-refractivity contribution in [2.24, 2.45) is 0 Å². The lowest BCUT2D eigenvalue weighted by Crippen LogP contribution is -2.34. The lowest BCUT2D eigenvalue weighted by molar-refractivity contribution is 0.251. The third-order valence-electron chi connectivity index (χ3n) is 5.63. The summed E-state index contributed by atoms with van der Waals surface area (Å²) < 4.78 is 31.4. The second-order valence-corrected chi connectivity index (χ2v) is 9.92. The molecule has 2 N–H and O–H groups in total. The summed E-state index contributed by atoms with van der Waals surface area (Å²) in [5.41, 5.74) is 4.36. The summed E-state index contributed by atoms with van der Waals surface area (Å²) in [4.78, 5) is 15.8. The van der Waals surface area contributed by atoms with E-state index in [9.17, 15) is 8.42 Å². The molecule has 0 aliphatic rings. The standard InChI is InChI=1S/C27H29N5O3S/c33-36(34,35)21-23-12-10-22(11-13-23)19-32(20-24-7-1-4-14-28-24)18-17-31-27(25-8-2-5-15-29-25)26-9-3-6-16-30-26/h1-16,27,31H,17-21H2,(H,33,34,35). The van der Waals surface area contributed by atoms with Gasteiger partial charge in [0.25, 0.3) is 10.1 Å². The maximum absolute atomic E-state index is 11.2. The molecule has 0 saturated carbocycles. The number of benzene rings is 1. The third kappa shape index (κ3) is 8.03. The average molecular weight is 504 g/mol. The van der Waals surface area contributed by atoms with Gasteiger partial charge < -0.3 is 5.32 Å². The summed E-state index contributed by atoms with van der Waals surface area (Å²) in [5, 5.41) is 3.61. The Kier molecular flexibility index (Phi) is 8.85. The van der Waals surface area contributed by atoms with E-state index in [0.29, 0.717) is 25.2 Å². The first-order chi connectivity index (χ1) is 17.5. The molecule has 0 radical (unpaired) electrons. The Balaban J connectivity index is 1.46. The van der Waals surface area contributed by atoms with Crippen LogP contribution in [0.2, 0.25) is 0 Å². The van der Waals surface area contributed by atoms with Gasteiger partial charge in [-0.3, -0.25) is 24.4 Å². The van der Waals surface area contributed by atoms with E-state index in [2.05, 4.69) is 25.2 Å². The molecule has 0 spiro atoms. The molecule has 0 atom stereocenters. The van der Waals surface area contributed by atoms with Gasteiger partial charge in [-0.05, 0) is 47.5 Å². The molecular formula is C27H29N5O3S. The van der Waals surface area contributed by atoms with Gasteiger partial charge in [0.1, 0.15) is 5.75 Å². The van der Waals surface area contributed by atoms with Crippen LogP contribution in [0.1, 0.15) is 34.3 Å². The van der Waals surface area contributed by atoms with Crippen LogP contribution < -0.4 is 5.32 Å². The minimum Gasteiger partial charge on any atom is -0.302 e. The Bertz CT molecular complexity index is 1270. The molecule has 0 aliphatic carbocycles. The minimum absolute atomic E-state index is 0.135. The highest BCUT2D eigenvalue weighted by Crippen LogP contribution is 2.18. The van der Waals surface area contributed by atoms with E-state index in [-0.39, 0.29) is 6.04 Å². The van der Waals surface area contributed by atoms with Gasteiger partial charge in [-0.25, -0.2) is 0 Å². The van der Waals surface area contributed by atoms with Gasteiger partial charge in [0, 0.05) is 44.8 Å². The molecule has 1 aromatic carbocycles. The maximum Gasteiger partial charge on any atom is 0.269 e. The Hall–Kier alpha value is -3.50. The maximum atomic E-state index is 11.2. The van der Waals surface area contributed by atoms with Crippen molar-refractivity contribution in [3.63, 3.8) is 0 Å². The molecule has 0 saturated heterocycles. The fraction of sp³-hybridized carbons (Fsp3) is 0.222. The van der Waals surface area contributed by atoms with Crippen LogP contribution in [0.25, 0.3) is 0 Å². The first kappa shape index (κ1) is 25.6. The van der Waals surface area contributed by atoms with Crippen LogP contribution in [0.5, 0.6) is 0 Å². The molecule has 36 heavy (non-hydrogen) atoms. The van der Waals surface area contributed by atoms with Crippen molar-refractivity contribution in [2.75, 3.05) is 13.1 Å². The predicted octanol–water partition coefficient (Wildman–Crippen LogP) is 3.64. The van der Waals surface area contributed by atoms with E-state index in [4.69, 9.17) is 4.55 Å². The van der Waals surface area contributed by atoms with Gasteiger partial charge >= 0.3 is 0 Å². The molecule has 0 aliphatic heterocycles. The van der Waals surface area contributed by atoms with Gasteiger partial charge in [-0.1, -0.05) is 42.5 Å². The van der Waals surface area contributed by atoms with Crippen LogP contribution in [0, 0.1) is 0 Å². The van der Waals surface area contributed by atoms with Gasteiger partial charge in [-0.2, -0.15) is 8.42 Å². The van der Waals surface area contributed by atoms with Crippen molar-refractivity contribution < 1.29 is 13.0 Å². The molecule has 3 heterocycles. The molecule has 8 nitrogen and oxygen atoms in total. The molecule has 9 heteroatoms. The number of hydrogen-bond acceptors (Lipinski definition) is 7. The monoisotopic (exact) mass is 503 g/mol. The van der Waals surface area contributed by atoms with Crippen LogP contribution >= 0.6 is 0 Å². The van der Waals surface area contributed by atoms with Crippen molar-refractivity contribution >= 4 is 10.1 Å². The van der Waals surface area contributed by atoms with Crippen LogP contribution in [0.4, 0.5) is 0 Å². The van der Waals surface area contributed by atoms with E-state index >= 15 is 0 Å². The van der Waals surface area contributed by atoms with Crippen LogP contribution in [-0.2, 0) is 29.0 Å². The van der Waals surface area contributed by atoms with E-state index in [1.165, 1.54) is 0 Å². The van der Waals surface area contributed by atoms with Crippen molar-refractivity contribution in [3.8, 4) is 0 Å². The zero-order valence-corrected chi connectivity index (χ0v) is 20.6. The van der Waals surface area contributed by atoms with E-state index in [1.807, 2.05) is 66.7 Å². The van der Waals surface area contributed by atoms with Gasteiger partial charge in [-0.15, -0.1) is 0 Å². The summed E-state index contributed by atoms with van der Waals surface area (Å²) in [6, 6.07) is 24.7. The second kappa shape index (κ2) is 12.5. The highest BCUT2D eigenvalue weighted by atomic mass is 32.2. The third-order valence-corrected chi connectivity index (χ3v) is 6.33. The summed E-state index contributed by atoms with van der Waals surface area (Å²) >= 11 is 0. The smallest absolute Gasteiger partial charge is 0.269 e. The molecular weight excluding hydrogens is 474 g/mol. The summed E-state index contributed by atoms with van der Waals surface area (Å²) in [5.74, 6) is -0.392. The van der Waals surface area contributed by atoms with E-state index in [1.54, 1.807) is 30.7 Å². The number of nitrogens with zero attached hydrogens (tertiary/aromatic N) is 4. The summed E-state index contributed by atoms with van der Waals surface area (Å²) in [6.45, 7) is 2.74. The van der Waals surface area contributed by atoms with Crippen LogP contribution in [-0.4, -0.2) is 45.9 Å². The first-order valence-electron chi connectivity index (χ1n) is 11.7. The van der Waals surface area contributed by atoms with Crippen LogP contribution in [0.3, 0.4) is 0 Å². The lowest BCUT2D eigenvalue weighted by atomic mass is 10.1. The van der Waals surface area contributed by atoms with Gasteiger partial charge in [0.2, 0.25) is 0 Å². The highest BCUT2D eigenvalue weighted by molar-refractivity contribution is 7.85. The zero-order valence-electron chi connectivity index (χ0n) is 19.8. The first-order valence-corrected chi connectivity index (χ1v) is 13.3. The second-order valence-electron chi connectivity index (χ2n) is 8.47. The van der Waals surface area contributed by atoms with Crippen molar-refractivity contribution in [1.29, 1.82) is 0 Å². The van der Waals surface area contributed by atoms with Gasteiger partial charge in [0.05, 0.1) is 23.1 Å². The van der Waals surface area contributed by atoms with E-state index < -0.39 is 15.9 Å². The molecule has 0 fully saturated rings. The molecule has 0 unspecified atom stereocenters. The highest BCUT2D eigenvalue weighted by Gasteiger charge is 2.17. The average Bonchev–Trinajstić information content (AvgIpc) is 2.88. The largest absolute Gasteiger partial charge is 0.302 e. The molecule has 4 aromatic rings. The van der Waals surface area contributed by atoms with Crippen molar-refractivity contribution in [3.05, 3.63) is 126 Å². The number of hydrogen-bond donors (Lipinski definition) is 2.